The highest BCUT2D eigenvalue weighted by Crippen LogP contribution is 2.34. The number of nitrogens with one attached hydrogen (secondary N) is 1. The third kappa shape index (κ3) is 4.91. The number of amides is 1. The van der Waals surface area contributed by atoms with Crippen LogP contribution in [0.25, 0.3) is 0 Å². The summed E-state index contributed by atoms with van der Waals surface area (Å²) in [5.41, 5.74) is 2.39. The first-order chi connectivity index (χ1) is 13.1. The Hall–Kier alpha value is -2.38. The number of aryl methyl sites for hydroxylation is 2. The Morgan fingerprint density at radius 1 is 1.14 bits per heavy atom. The molecule has 28 heavy (non-hydrogen) atoms. The molecule has 8 heteroatoms. The number of hydrogen-bond donors (Lipinski definition) is 1. The van der Waals surface area contributed by atoms with Crippen molar-refractivity contribution in [2.75, 3.05) is 18.5 Å². The van der Waals surface area contributed by atoms with E-state index in [0.717, 1.165) is 22.5 Å². The average Bonchev–Trinajstić information content (AvgIpc) is 2.94. The minimum absolute atomic E-state index is 0.183. The van der Waals surface area contributed by atoms with Crippen molar-refractivity contribution in [3.05, 3.63) is 44.3 Å². The molecule has 0 aliphatic rings. The van der Waals surface area contributed by atoms with E-state index in [-0.39, 0.29) is 29.6 Å². The maximum absolute atomic E-state index is 12.4. The molecule has 0 aliphatic heterocycles. The highest BCUT2D eigenvalue weighted by molar-refractivity contribution is 7.18. The lowest BCUT2D eigenvalue weighted by atomic mass is 10.1. The number of hydrogen-bond acceptors (Lipinski definition) is 6. The second-order valence-corrected chi connectivity index (χ2v) is 7.64. The largest absolute Gasteiger partial charge is 0.484 e. The van der Waals surface area contributed by atoms with Gasteiger partial charge in [-0.1, -0.05) is 11.6 Å². The average molecular weight is 424 g/mol. The highest BCUT2D eigenvalue weighted by Gasteiger charge is 2.25. The first-order valence-corrected chi connectivity index (χ1v) is 9.86. The number of thiophene rings is 1. The van der Waals surface area contributed by atoms with Crippen LogP contribution in [0.1, 0.15) is 50.6 Å². The SMILES string of the molecule is CCOC(=O)c1c(NC(=O)COc2cc(C)c(Cl)c(C)c2)sc(C(C)=O)c1C. The summed E-state index contributed by atoms with van der Waals surface area (Å²) in [4.78, 5) is 36.8. The van der Waals surface area contributed by atoms with Crippen molar-refractivity contribution in [3.8, 4) is 5.75 Å². The molecule has 0 unspecified atom stereocenters. The zero-order valence-electron chi connectivity index (χ0n) is 16.4. The molecular formula is C20H22ClNO5S. The van der Waals surface area contributed by atoms with Crippen LogP contribution < -0.4 is 10.1 Å². The molecule has 6 nitrogen and oxygen atoms in total. The molecular weight excluding hydrogens is 402 g/mol. The van der Waals surface area contributed by atoms with E-state index in [1.54, 1.807) is 26.0 Å². The number of carbonyl (C=O) groups is 3. The smallest absolute Gasteiger partial charge is 0.341 e. The maximum atomic E-state index is 12.4. The Morgan fingerprint density at radius 2 is 1.75 bits per heavy atom. The van der Waals surface area contributed by atoms with Gasteiger partial charge < -0.3 is 14.8 Å². The fourth-order valence-electron chi connectivity index (χ4n) is 2.69. The predicted octanol–water partition coefficient (Wildman–Crippen LogP) is 4.72. The molecule has 0 radical (unpaired) electrons. The number of Topliss-reactive ketones (excluding diaryl/α,β-unsaturated/α-hetero) is 1. The molecule has 1 amide bonds. The van der Waals surface area contributed by atoms with Gasteiger partial charge in [-0.3, -0.25) is 9.59 Å². The van der Waals surface area contributed by atoms with Crippen LogP contribution in [0.4, 0.5) is 5.00 Å². The number of ether oxygens (including phenoxy) is 2. The molecule has 1 heterocycles. The summed E-state index contributed by atoms with van der Waals surface area (Å²) >= 11 is 7.18. The van der Waals surface area contributed by atoms with E-state index in [1.807, 2.05) is 13.8 Å². The van der Waals surface area contributed by atoms with Gasteiger partial charge in [0.05, 0.1) is 17.0 Å². The molecule has 0 saturated heterocycles. The molecule has 0 bridgehead atoms. The molecule has 0 fully saturated rings. The van der Waals surface area contributed by atoms with Gasteiger partial charge in [0.15, 0.2) is 12.4 Å². The van der Waals surface area contributed by atoms with Crippen LogP contribution >= 0.6 is 22.9 Å². The zero-order valence-corrected chi connectivity index (χ0v) is 18.0. The third-order valence-electron chi connectivity index (χ3n) is 3.98. The number of rotatable bonds is 7. The summed E-state index contributed by atoms with van der Waals surface area (Å²) in [5, 5.41) is 3.58. The van der Waals surface area contributed by atoms with Crippen molar-refractivity contribution in [1.82, 2.24) is 0 Å². The highest BCUT2D eigenvalue weighted by atomic mass is 35.5. The van der Waals surface area contributed by atoms with E-state index in [1.165, 1.54) is 6.92 Å². The molecule has 0 spiro atoms. The fraction of sp³-hybridized carbons (Fsp3) is 0.350. The van der Waals surface area contributed by atoms with Crippen molar-refractivity contribution < 1.29 is 23.9 Å². The van der Waals surface area contributed by atoms with E-state index >= 15 is 0 Å². The van der Waals surface area contributed by atoms with E-state index in [4.69, 9.17) is 21.1 Å². The molecule has 1 aromatic heterocycles. The number of benzene rings is 1. The van der Waals surface area contributed by atoms with E-state index in [0.29, 0.717) is 21.2 Å². The zero-order chi connectivity index (χ0) is 21.0. The molecule has 0 saturated carbocycles. The molecule has 1 aromatic carbocycles. The van der Waals surface area contributed by atoms with Crippen molar-refractivity contribution in [2.45, 2.75) is 34.6 Å². The monoisotopic (exact) mass is 423 g/mol. The summed E-state index contributed by atoms with van der Waals surface area (Å²) < 4.78 is 10.6. The van der Waals surface area contributed by atoms with Gasteiger partial charge in [-0.05, 0) is 63.4 Å². The first-order valence-electron chi connectivity index (χ1n) is 8.66. The van der Waals surface area contributed by atoms with E-state index in [9.17, 15) is 14.4 Å². The molecule has 2 rings (SSSR count). The molecule has 1 N–H and O–H groups in total. The number of anilines is 1. The Bertz CT molecular complexity index is 912. The number of carbonyl (C=O) groups excluding carboxylic acids is 3. The Morgan fingerprint density at radius 3 is 2.29 bits per heavy atom. The minimum Gasteiger partial charge on any atom is -0.484 e. The lowest BCUT2D eigenvalue weighted by Gasteiger charge is -2.10. The van der Waals surface area contributed by atoms with Gasteiger partial charge in [-0.25, -0.2) is 4.79 Å². The lowest BCUT2D eigenvalue weighted by Crippen LogP contribution is -2.21. The van der Waals surface area contributed by atoms with E-state index < -0.39 is 11.9 Å². The molecule has 150 valence electrons. The van der Waals surface area contributed by atoms with Gasteiger partial charge >= 0.3 is 5.97 Å². The first kappa shape index (κ1) is 21.9. The summed E-state index contributed by atoms with van der Waals surface area (Å²) in [7, 11) is 0. The predicted molar refractivity (Wildman–Crippen MR) is 110 cm³/mol. The van der Waals surface area contributed by atoms with Crippen molar-refractivity contribution in [1.29, 1.82) is 0 Å². The summed E-state index contributed by atoms with van der Waals surface area (Å²) in [6.07, 6.45) is 0. The quantitative estimate of drug-likeness (QED) is 0.514. The van der Waals surface area contributed by atoms with Crippen LogP contribution in [-0.2, 0) is 9.53 Å². The second kappa shape index (κ2) is 9.21. The minimum atomic E-state index is -0.580. The third-order valence-corrected chi connectivity index (χ3v) is 5.88. The van der Waals surface area contributed by atoms with Crippen LogP contribution in [0.5, 0.6) is 5.75 Å². The van der Waals surface area contributed by atoms with Crippen molar-refractivity contribution >= 4 is 45.6 Å². The molecule has 2 aromatic rings. The Balaban J connectivity index is 2.18. The number of halogens is 1. The van der Waals surface area contributed by atoms with Crippen LogP contribution in [0.15, 0.2) is 12.1 Å². The van der Waals surface area contributed by atoms with Gasteiger partial charge in [-0.2, -0.15) is 0 Å². The van der Waals surface area contributed by atoms with Crippen LogP contribution in [0.2, 0.25) is 5.02 Å². The topological polar surface area (TPSA) is 81.7 Å². The van der Waals surface area contributed by atoms with Crippen LogP contribution in [0, 0.1) is 20.8 Å². The Labute approximate surface area is 172 Å². The van der Waals surface area contributed by atoms with Crippen LogP contribution in [0.3, 0.4) is 0 Å². The Kier molecular flexibility index (Phi) is 7.21. The fourth-order valence-corrected chi connectivity index (χ4v) is 3.90. The number of ketones is 1. The summed E-state index contributed by atoms with van der Waals surface area (Å²) in [5.74, 6) is -0.695. The normalized spacial score (nSPS) is 10.5. The maximum Gasteiger partial charge on any atom is 0.341 e. The number of esters is 1. The van der Waals surface area contributed by atoms with Gasteiger partial charge in [0.25, 0.3) is 5.91 Å². The molecule has 0 atom stereocenters. The lowest BCUT2D eigenvalue weighted by molar-refractivity contribution is -0.118. The van der Waals surface area contributed by atoms with Crippen molar-refractivity contribution in [2.24, 2.45) is 0 Å². The molecule has 0 aliphatic carbocycles. The van der Waals surface area contributed by atoms with Crippen LogP contribution in [-0.4, -0.2) is 30.9 Å². The van der Waals surface area contributed by atoms with Gasteiger partial charge in [0, 0.05) is 5.02 Å². The summed E-state index contributed by atoms with van der Waals surface area (Å²) in [6, 6.07) is 3.49. The standard InChI is InChI=1S/C20H22ClNO5S/c1-6-26-20(25)16-12(4)18(13(5)23)28-19(16)22-15(24)9-27-14-7-10(2)17(21)11(3)8-14/h7-8H,6,9H2,1-5H3,(H,22,24). The van der Waals surface area contributed by atoms with Crippen molar-refractivity contribution in [3.63, 3.8) is 0 Å². The van der Waals surface area contributed by atoms with Gasteiger partial charge in [0.1, 0.15) is 10.8 Å². The van der Waals surface area contributed by atoms with Gasteiger partial charge in [-0.15, -0.1) is 11.3 Å². The van der Waals surface area contributed by atoms with Gasteiger partial charge in [0.2, 0.25) is 0 Å². The summed E-state index contributed by atoms with van der Waals surface area (Å²) in [6.45, 7) is 8.40. The van der Waals surface area contributed by atoms with E-state index in [2.05, 4.69) is 5.32 Å². The second-order valence-electron chi connectivity index (χ2n) is 6.24.